The maximum atomic E-state index is 12.8. The zero-order valence-electron chi connectivity index (χ0n) is 5.83. The van der Waals surface area contributed by atoms with Crippen molar-refractivity contribution in [3.05, 3.63) is 27.9 Å². The van der Waals surface area contributed by atoms with Crippen molar-refractivity contribution in [2.75, 3.05) is 0 Å². The molecule has 0 bridgehead atoms. The molecular weight excluding hydrogens is 272 g/mol. The largest absolute Gasteiger partial charge is 0.249 e. The predicted molar refractivity (Wildman–Crippen MR) is 49.9 cm³/mol. The number of rotatable bonds is 1. The molecule has 0 aliphatic carbocycles. The highest BCUT2D eigenvalue weighted by molar-refractivity contribution is 14.1. The Kier molecular flexibility index (Phi) is 3.10. The van der Waals surface area contributed by atoms with E-state index in [1.165, 1.54) is 16.5 Å². The third-order valence-corrected chi connectivity index (χ3v) is 1.65. The Bertz CT molecular complexity index is 339. The molecular formula is C7H3FIN3. The Morgan fingerprint density at radius 1 is 1.58 bits per heavy atom. The number of nitriles is 1. The van der Waals surface area contributed by atoms with Gasteiger partial charge >= 0.3 is 0 Å². The van der Waals surface area contributed by atoms with Gasteiger partial charge in [0.05, 0.1) is 12.4 Å². The second-order valence-electron chi connectivity index (χ2n) is 1.86. The Morgan fingerprint density at radius 3 is 2.75 bits per heavy atom. The van der Waals surface area contributed by atoms with Crippen LogP contribution in [-0.4, -0.2) is 9.97 Å². The first-order chi connectivity index (χ1) is 5.77. The highest BCUT2D eigenvalue weighted by Crippen LogP contribution is 2.13. The summed E-state index contributed by atoms with van der Waals surface area (Å²) in [6.45, 7) is 0. The lowest BCUT2D eigenvalue weighted by molar-refractivity contribution is 0.753. The van der Waals surface area contributed by atoms with Crippen LogP contribution in [0.4, 0.5) is 4.39 Å². The van der Waals surface area contributed by atoms with Crippen LogP contribution in [0.3, 0.4) is 0 Å². The highest BCUT2D eigenvalue weighted by Gasteiger charge is 2.00. The van der Waals surface area contributed by atoms with E-state index in [1.54, 1.807) is 28.7 Å². The fraction of sp³-hybridized carbons (Fsp3) is 0. The van der Waals surface area contributed by atoms with Gasteiger partial charge in [0, 0.05) is 4.08 Å². The lowest BCUT2D eigenvalue weighted by Gasteiger charge is -1.93. The van der Waals surface area contributed by atoms with Crippen LogP contribution in [0.2, 0.25) is 0 Å². The molecule has 1 heterocycles. The molecule has 0 unspecified atom stereocenters. The second kappa shape index (κ2) is 4.11. The Balaban J connectivity index is 3.02. The third kappa shape index (κ3) is 1.98. The zero-order chi connectivity index (χ0) is 8.97. The topological polar surface area (TPSA) is 49.6 Å². The Morgan fingerprint density at radius 2 is 2.33 bits per heavy atom. The van der Waals surface area contributed by atoms with Gasteiger partial charge in [0.25, 0.3) is 0 Å². The van der Waals surface area contributed by atoms with Gasteiger partial charge in [0.2, 0.25) is 0 Å². The molecule has 5 heteroatoms. The van der Waals surface area contributed by atoms with Gasteiger partial charge in [-0.2, -0.15) is 5.26 Å². The van der Waals surface area contributed by atoms with Crippen molar-refractivity contribution in [1.82, 2.24) is 9.97 Å². The molecule has 1 rings (SSSR count). The van der Waals surface area contributed by atoms with Crippen LogP contribution in [0.1, 0.15) is 11.4 Å². The minimum atomic E-state index is -0.451. The summed E-state index contributed by atoms with van der Waals surface area (Å²) < 4.78 is 14.0. The van der Waals surface area contributed by atoms with Crippen LogP contribution in [0.25, 0.3) is 5.83 Å². The molecule has 0 fully saturated rings. The normalized spacial score (nSPS) is 10.9. The molecule has 0 aliphatic heterocycles. The molecule has 0 saturated carbocycles. The van der Waals surface area contributed by atoms with E-state index in [9.17, 15) is 4.39 Å². The molecule has 0 spiro atoms. The van der Waals surface area contributed by atoms with Gasteiger partial charge in [-0.1, -0.05) is 0 Å². The standard InChI is InChI=1S/C7H3FIN3/c8-6(1-9)7-4-11-5(2-10)3-12-7/h1,3-4H/b6-1+. The lowest BCUT2D eigenvalue weighted by Crippen LogP contribution is -1.89. The highest BCUT2D eigenvalue weighted by atomic mass is 127. The minimum absolute atomic E-state index is 0.142. The van der Waals surface area contributed by atoms with Crippen LogP contribution in [-0.2, 0) is 0 Å². The summed E-state index contributed by atoms with van der Waals surface area (Å²) in [5, 5.41) is 8.36. The van der Waals surface area contributed by atoms with Crippen LogP contribution in [0, 0.1) is 11.3 Å². The van der Waals surface area contributed by atoms with Crippen molar-refractivity contribution in [3.8, 4) is 6.07 Å². The fourth-order valence-electron chi connectivity index (χ4n) is 0.565. The molecule has 0 saturated heterocycles. The van der Waals surface area contributed by atoms with Crippen molar-refractivity contribution < 1.29 is 4.39 Å². The first-order valence-electron chi connectivity index (χ1n) is 2.96. The van der Waals surface area contributed by atoms with Crippen molar-refractivity contribution >= 4 is 28.4 Å². The van der Waals surface area contributed by atoms with Crippen LogP contribution >= 0.6 is 22.6 Å². The van der Waals surface area contributed by atoms with Gasteiger partial charge in [-0.3, -0.25) is 0 Å². The molecule has 1 aromatic heterocycles. The van der Waals surface area contributed by atoms with E-state index in [1.807, 2.05) is 0 Å². The van der Waals surface area contributed by atoms with E-state index in [-0.39, 0.29) is 11.4 Å². The quantitative estimate of drug-likeness (QED) is 0.737. The van der Waals surface area contributed by atoms with E-state index in [0.717, 1.165) is 0 Å². The maximum Gasteiger partial charge on any atom is 0.158 e. The van der Waals surface area contributed by atoms with Gasteiger partial charge in [0.1, 0.15) is 11.8 Å². The monoisotopic (exact) mass is 275 g/mol. The first-order valence-corrected chi connectivity index (χ1v) is 4.21. The van der Waals surface area contributed by atoms with Gasteiger partial charge in [-0.15, -0.1) is 0 Å². The van der Waals surface area contributed by atoms with Crippen LogP contribution in [0.5, 0.6) is 0 Å². The maximum absolute atomic E-state index is 12.8. The van der Waals surface area contributed by atoms with E-state index in [0.29, 0.717) is 0 Å². The molecule has 0 atom stereocenters. The molecule has 0 radical (unpaired) electrons. The summed E-state index contributed by atoms with van der Waals surface area (Å²) in [4.78, 5) is 7.35. The summed E-state index contributed by atoms with van der Waals surface area (Å²) in [5.74, 6) is -0.451. The smallest absolute Gasteiger partial charge is 0.158 e. The number of halogens is 2. The van der Waals surface area contributed by atoms with Crippen LogP contribution in [0.15, 0.2) is 16.5 Å². The third-order valence-electron chi connectivity index (χ3n) is 1.11. The van der Waals surface area contributed by atoms with Crippen molar-refractivity contribution in [1.29, 1.82) is 5.26 Å². The van der Waals surface area contributed by atoms with Crippen molar-refractivity contribution in [2.45, 2.75) is 0 Å². The first kappa shape index (κ1) is 9.06. The minimum Gasteiger partial charge on any atom is -0.249 e. The molecule has 60 valence electrons. The average Bonchev–Trinajstić information content (AvgIpc) is 2.17. The number of hydrogen-bond donors (Lipinski definition) is 0. The molecule has 0 aliphatic rings. The fourth-order valence-corrected chi connectivity index (χ4v) is 0.884. The lowest BCUT2D eigenvalue weighted by atomic mass is 10.4. The average molecular weight is 275 g/mol. The second-order valence-corrected chi connectivity index (χ2v) is 2.48. The molecule has 0 aromatic carbocycles. The van der Waals surface area contributed by atoms with E-state index in [2.05, 4.69) is 9.97 Å². The van der Waals surface area contributed by atoms with Crippen molar-refractivity contribution in [3.63, 3.8) is 0 Å². The summed E-state index contributed by atoms with van der Waals surface area (Å²) in [6.07, 6.45) is 2.46. The van der Waals surface area contributed by atoms with Gasteiger partial charge in [0.15, 0.2) is 11.5 Å². The summed E-state index contributed by atoms with van der Waals surface area (Å²) in [5.41, 5.74) is 0.323. The van der Waals surface area contributed by atoms with Gasteiger partial charge in [-0.25, -0.2) is 14.4 Å². The van der Waals surface area contributed by atoms with Gasteiger partial charge in [-0.05, 0) is 22.6 Å². The zero-order valence-corrected chi connectivity index (χ0v) is 7.99. The number of nitrogens with zero attached hydrogens (tertiary/aromatic N) is 3. The molecule has 1 aromatic rings. The Hall–Kier alpha value is -1.03. The molecule has 0 amide bonds. The number of aromatic nitrogens is 2. The SMILES string of the molecule is N#Cc1cnc(/C(F)=C\I)cn1. The number of hydrogen-bond acceptors (Lipinski definition) is 3. The van der Waals surface area contributed by atoms with Gasteiger partial charge < -0.3 is 0 Å². The Labute approximate surface area is 82.1 Å². The molecule has 3 nitrogen and oxygen atoms in total. The summed E-state index contributed by atoms with van der Waals surface area (Å²) >= 11 is 1.77. The summed E-state index contributed by atoms with van der Waals surface area (Å²) in [6, 6.07) is 1.79. The predicted octanol–water partition coefficient (Wildman–Crippen LogP) is 2.05. The van der Waals surface area contributed by atoms with Crippen LogP contribution < -0.4 is 0 Å². The molecule has 0 N–H and O–H groups in total. The summed E-state index contributed by atoms with van der Waals surface area (Å²) in [7, 11) is 0. The van der Waals surface area contributed by atoms with E-state index >= 15 is 0 Å². The van der Waals surface area contributed by atoms with E-state index < -0.39 is 5.83 Å². The molecule has 12 heavy (non-hydrogen) atoms. The van der Waals surface area contributed by atoms with Crippen molar-refractivity contribution in [2.24, 2.45) is 0 Å². The van der Waals surface area contributed by atoms with E-state index in [4.69, 9.17) is 5.26 Å².